The molecule has 0 aliphatic heterocycles. The number of hydrogen-bond donors (Lipinski definition) is 1. The van der Waals surface area contributed by atoms with Crippen LogP contribution in [0.25, 0.3) is 10.9 Å². The van der Waals surface area contributed by atoms with Gasteiger partial charge < -0.3 is 10.3 Å². The molecule has 0 bridgehead atoms. The second-order valence-electron chi connectivity index (χ2n) is 4.68. The number of nitrogens with zero attached hydrogens (tertiary/aromatic N) is 3. The highest BCUT2D eigenvalue weighted by atomic mass is 15.0. The number of hydrogen-bond acceptors (Lipinski definition) is 3. The van der Waals surface area contributed by atoms with Gasteiger partial charge in [0, 0.05) is 43.5 Å². The number of benzene rings is 1. The van der Waals surface area contributed by atoms with Crippen molar-refractivity contribution in [1.82, 2.24) is 14.5 Å². The van der Waals surface area contributed by atoms with Gasteiger partial charge in [-0.15, -0.1) is 0 Å². The lowest BCUT2D eigenvalue weighted by Crippen LogP contribution is -2.16. The lowest BCUT2D eigenvalue weighted by molar-refractivity contribution is 0.663. The summed E-state index contributed by atoms with van der Waals surface area (Å²) < 4.78 is 2.00. The Kier molecular flexibility index (Phi) is 3.01. The number of imidazole rings is 1. The highest BCUT2D eigenvalue weighted by Crippen LogP contribution is 2.23. The zero-order valence-electron chi connectivity index (χ0n) is 10.8. The first-order valence-corrected chi connectivity index (χ1v) is 6.31. The van der Waals surface area contributed by atoms with Crippen molar-refractivity contribution in [2.24, 2.45) is 12.8 Å². The Bertz CT molecular complexity index is 697. The van der Waals surface area contributed by atoms with E-state index in [0.29, 0.717) is 0 Å². The standard InChI is InChI=1S/C15H16N4/c1-19-9-8-18-15(19)10-13(16)11-6-7-17-14-5-3-2-4-12(11)14/h2-9,13H,10,16H2,1H3. The van der Waals surface area contributed by atoms with E-state index in [0.717, 1.165) is 28.7 Å². The predicted octanol–water partition coefficient (Wildman–Crippen LogP) is 2.21. The molecule has 4 heteroatoms. The van der Waals surface area contributed by atoms with E-state index in [1.54, 1.807) is 6.20 Å². The fourth-order valence-electron chi connectivity index (χ4n) is 2.34. The largest absolute Gasteiger partial charge is 0.338 e. The lowest BCUT2D eigenvalue weighted by atomic mass is 10.00. The first-order chi connectivity index (χ1) is 9.25. The average Bonchev–Trinajstić information content (AvgIpc) is 2.83. The third-order valence-electron chi connectivity index (χ3n) is 3.41. The molecule has 19 heavy (non-hydrogen) atoms. The number of fused-ring (bicyclic) bond motifs is 1. The Balaban J connectivity index is 1.98. The molecule has 3 rings (SSSR count). The molecule has 0 aliphatic rings. The number of pyridine rings is 1. The highest BCUT2D eigenvalue weighted by Gasteiger charge is 2.13. The van der Waals surface area contributed by atoms with Crippen molar-refractivity contribution in [3.8, 4) is 0 Å². The molecule has 0 saturated carbocycles. The van der Waals surface area contributed by atoms with Crippen molar-refractivity contribution in [1.29, 1.82) is 0 Å². The van der Waals surface area contributed by atoms with Crippen LogP contribution >= 0.6 is 0 Å². The van der Waals surface area contributed by atoms with Crippen LogP contribution in [0.5, 0.6) is 0 Å². The van der Waals surface area contributed by atoms with Gasteiger partial charge in [0.25, 0.3) is 0 Å². The molecular weight excluding hydrogens is 236 g/mol. The zero-order chi connectivity index (χ0) is 13.2. The summed E-state index contributed by atoms with van der Waals surface area (Å²) >= 11 is 0. The Morgan fingerprint density at radius 2 is 2.00 bits per heavy atom. The first-order valence-electron chi connectivity index (χ1n) is 6.31. The molecule has 0 fully saturated rings. The normalized spacial score (nSPS) is 12.7. The van der Waals surface area contributed by atoms with E-state index in [-0.39, 0.29) is 6.04 Å². The molecule has 1 unspecified atom stereocenters. The molecular formula is C15H16N4. The summed E-state index contributed by atoms with van der Waals surface area (Å²) in [4.78, 5) is 8.69. The van der Waals surface area contributed by atoms with Gasteiger partial charge in [0.05, 0.1) is 5.52 Å². The Hall–Kier alpha value is -2.20. The SMILES string of the molecule is Cn1ccnc1CC(N)c1ccnc2ccccc12. The third-order valence-corrected chi connectivity index (χ3v) is 3.41. The predicted molar refractivity (Wildman–Crippen MR) is 75.6 cm³/mol. The van der Waals surface area contributed by atoms with E-state index < -0.39 is 0 Å². The molecule has 0 spiro atoms. The molecule has 0 radical (unpaired) electrons. The fourth-order valence-corrected chi connectivity index (χ4v) is 2.34. The number of rotatable bonds is 3. The minimum absolute atomic E-state index is 0.0750. The van der Waals surface area contributed by atoms with Gasteiger partial charge in [0.15, 0.2) is 0 Å². The molecule has 0 aliphatic carbocycles. The molecule has 2 aromatic heterocycles. The molecule has 4 nitrogen and oxygen atoms in total. The van der Waals surface area contributed by atoms with E-state index in [4.69, 9.17) is 5.73 Å². The second kappa shape index (κ2) is 4.82. The van der Waals surface area contributed by atoms with Gasteiger partial charge in [-0.3, -0.25) is 4.98 Å². The van der Waals surface area contributed by atoms with Gasteiger partial charge in [0.2, 0.25) is 0 Å². The van der Waals surface area contributed by atoms with E-state index >= 15 is 0 Å². The molecule has 2 N–H and O–H groups in total. The van der Waals surface area contributed by atoms with E-state index in [2.05, 4.69) is 16.0 Å². The molecule has 96 valence electrons. The van der Waals surface area contributed by atoms with Crippen LogP contribution in [0.4, 0.5) is 0 Å². The Labute approximate surface area is 111 Å². The summed E-state index contributed by atoms with van der Waals surface area (Å²) in [5.41, 5.74) is 8.44. The maximum absolute atomic E-state index is 6.34. The quantitative estimate of drug-likeness (QED) is 0.777. The van der Waals surface area contributed by atoms with E-state index in [9.17, 15) is 0 Å². The number of aromatic nitrogens is 3. The van der Waals surface area contributed by atoms with Crippen LogP contribution in [-0.2, 0) is 13.5 Å². The molecule has 3 aromatic rings. The fraction of sp³-hybridized carbons (Fsp3) is 0.200. The van der Waals surface area contributed by atoms with Crippen LogP contribution in [0.1, 0.15) is 17.4 Å². The zero-order valence-corrected chi connectivity index (χ0v) is 10.8. The number of nitrogens with two attached hydrogens (primary N) is 1. The van der Waals surface area contributed by atoms with Crippen LogP contribution < -0.4 is 5.73 Å². The van der Waals surface area contributed by atoms with E-state index in [1.165, 1.54) is 0 Å². The lowest BCUT2D eigenvalue weighted by Gasteiger charge is -2.14. The molecule has 0 amide bonds. The van der Waals surface area contributed by atoms with Crippen LogP contribution in [0, 0.1) is 0 Å². The first kappa shape index (κ1) is 11.9. The molecule has 1 atom stereocenters. The second-order valence-corrected chi connectivity index (χ2v) is 4.68. The summed E-state index contributed by atoms with van der Waals surface area (Å²) in [6.07, 6.45) is 6.27. The van der Waals surface area contributed by atoms with Crippen LogP contribution in [0.2, 0.25) is 0 Å². The smallest absolute Gasteiger partial charge is 0.110 e. The Morgan fingerprint density at radius 1 is 1.16 bits per heavy atom. The third kappa shape index (κ3) is 2.22. The van der Waals surface area contributed by atoms with Crippen LogP contribution in [0.3, 0.4) is 0 Å². The summed E-state index contributed by atoms with van der Waals surface area (Å²) in [6, 6.07) is 10.00. The van der Waals surface area contributed by atoms with Crippen molar-refractivity contribution >= 4 is 10.9 Å². The van der Waals surface area contributed by atoms with Gasteiger partial charge in [0.1, 0.15) is 5.82 Å². The number of para-hydroxylation sites is 1. The summed E-state index contributed by atoms with van der Waals surface area (Å²) in [5, 5.41) is 1.12. The van der Waals surface area contributed by atoms with Gasteiger partial charge >= 0.3 is 0 Å². The highest BCUT2D eigenvalue weighted by molar-refractivity contribution is 5.82. The minimum Gasteiger partial charge on any atom is -0.338 e. The van der Waals surface area contributed by atoms with E-state index in [1.807, 2.05) is 48.3 Å². The summed E-state index contributed by atoms with van der Waals surface area (Å²) in [6.45, 7) is 0. The Morgan fingerprint density at radius 3 is 2.79 bits per heavy atom. The van der Waals surface area contributed by atoms with Crippen molar-refractivity contribution < 1.29 is 0 Å². The maximum atomic E-state index is 6.34. The van der Waals surface area contributed by atoms with Crippen molar-refractivity contribution in [2.75, 3.05) is 0 Å². The van der Waals surface area contributed by atoms with Crippen molar-refractivity contribution in [3.05, 3.63) is 60.3 Å². The minimum atomic E-state index is -0.0750. The molecule has 2 heterocycles. The molecule has 0 saturated heterocycles. The number of aryl methyl sites for hydroxylation is 1. The van der Waals surface area contributed by atoms with Gasteiger partial charge in [-0.1, -0.05) is 18.2 Å². The maximum Gasteiger partial charge on any atom is 0.110 e. The van der Waals surface area contributed by atoms with Crippen molar-refractivity contribution in [3.63, 3.8) is 0 Å². The monoisotopic (exact) mass is 252 g/mol. The van der Waals surface area contributed by atoms with Gasteiger partial charge in [-0.2, -0.15) is 0 Å². The van der Waals surface area contributed by atoms with Gasteiger partial charge in [-0.25, -0.2) is 4.98 Å². The molecule has 1 aromatic carbocycles. The summed E-state index contributed by atoms with van der Waals surface area (Å²) in [7, 11) is 1.99. The average molecular weight is 252 g/mol. The van der Waals surface area contributed by atoms with Gasteiger partial charge in [-0.05, 0) is 17.7 Å². The topological polar surface area (TPSA) is 56.7 Å². The summed E-state index contributed by atoms with van der Waals surface area (Å²) in [5.74, 6) is 0.994. The van der Waals surface area contributed by atoms with Crippen molar-refractivity contribution in [2.45, 2.75) is 12.5 Å². The van der Waals surface area contributed by atoms with Crippen LogP contribution in [0.15, 0.2) is 48.9 Å². The van der Waals surface area contributed by atoms with Crippen LogP contribution in [-0.4, -0.2) is 14.5 Å².